The lowest BCUT2D eigenvalue weighted by Crippen LogP contribution is -2.08. The molecular formula is C42H59NO4. The summed E-state index contributed by atoms with van der Waals surface area (Å²) in [5.74, 6) is 1.72. The minimum absolute atomic E-state index is 0.392. The highest BCUT2D eigenvalue weighted by Gasteiger charge is 2.09. The lowest BCUT2D eigenvalue weighted by atomic mass is 10.1. The average molecular weight is 642 g/mol. The molecule has 0 saturated carbocycles. The summed E-state index contributed by atoms with van der Waals surface area (Å²) >= 11 is 0. The van der Waals surface area contributed by atoms with Gasteiger partial charge in [0.05, 0.1) is 24.5 Å². The summed E-state index contributed by atoms with van der Waals surface area (Å²) in [6.07, 6.45) is 25.1. The van der Waals surface area contributed by atoms with Gasteiger partial charge in [0.15, 0.2) is 0 Å². The third kappa shape index (κ3) is 17.2. The molecule has 0 aliphatic rings. The molecule has 0 heterocycles. The van der Waals surface area contributed by atoms with Crippen LogP contribution in [0.4, 0.5) is 5.69 Å². The number of carbonyl (C=O) groups is 1. The first-order valence-corrected chi connectivity index (χ1v) is 18.5. The fraction of sp³-hybridized carbons (Fsp3) is 0.524. The van der Waals surface area contributed by atoms with Crippen LogP contribution < -0.4 is 14.2 Å². The highest BCUT2D eigenvalue weighted by Crippen LogP contribution is 2.22. The molecule has 3 rings (SSSR count). The highest BCUT2D eigenvalue weighted by molar-refractivity contribution is 5.91. The molecule has 0 saturated heterocycles. The third-order valence-electron chi connectivity index (χ3n) is 8.39. The largest absolute Gasteiger partial charge is 0.494 e. The van der Waals surface area contributed by atoms with Crippen molar-refractivity contribution in [1.29, 1.82) is 0 Å². The zero-order chi connectivity index (χ0) is 33.2. The van der Waals surface area contributed by atoms with Gasteiger partial charge in [0.1, 0.15) is 17.2 Å². The molecule has 0 radical (unpaired) electrons. The number of rotatable bonds is 26. The summed E-state index contributed by atoms with van der Waals surface area (Å²) in [6, 6.07) is 22.4. The first-order chi connectivity index (χ1) is 23.2. The molecule has 256 valence electrons. The standard InChI is InChI=1S/C42H59NO4/c1-3-5-7-9-11-13-14-16-17-19-32-45-39-30-26-37(27-31-39)42(44)47-40-28-24-36(25-29-40)35-43-38-22-21-23-41(34-38)46-33-20-18-15-12-10-8-6-4-2/h21-31,34-35H,3-20,32-33H2,1-2H3. The van der Waals surface area contributed by atoms with Gasteiger partial charge >= 0.3 is 5.97 Å². The van der Waals surface area contributed by atoms with Gasteiger partial charge in [0, 0.05) is 12.3 Å². The topological polar surface area (TPSA) is 57.1 Å². The Labute approximate surface area is 285 Å². The van der Waals surface area contributed by atoms with Crippen LogP contribution in [0.3, 0.4) is 0 Å². The van der Waals surface area contributed by atoms with E-state index in [0.29, 0.717) is 17.9 Å². The summed E-state index contributed by atoms with van der Waals surface area (Å²) in [4.78, 5) is 17.3. The zero-order valence-corrected chi connectivity index (χ0v) is 29.2. The number of hydrogen-bond donors (Lipinski definition) is 0. The Hall–Kier alpha value is -3.60. The van der Waals surface area contributed by atoms with E-state index in [0.717, 1.165) is 42.2 Å². The first-order valence-electron chi connectivity index (χ1n) is 18.5. The normalized spacial score (nSPS) is 11.2. The van der Waals surface area contributed by atoms with E-state index in [9.17, 15) is 4.79 Å². The molecule has 0 aromatic heterocycles. The fourth-order valence-corrected chi connectivity index (χ4v) is 5.48. The molecule has 3 aromatic rings. The third-order valence-corrected chi connectivity index (χ3v) is 8.39. The maximum atomic E-state index is 12.7. The molecule has 3 aromatic carbocycles. The Morgan fingerprint density at radius 3 is 1.60 bits per heavy atom. The second-order valence-electron chi connectivity index (χ2n) is 12.6. The zero-order valence-electron chi connectivity index (χ0n) is 29.2. The Balaban J connectivity index is 1.31. The molecule has 0 spiro atoms. The van der Waals surface area contributed by atoms with Crippen LogP contribution in [0.5, 0.6) is 17.2 Å². The number of carbonyl (C=O) groups excluding carboxylic acids is 1. The number of ether oxygens (including phenoxy) is 3. The minimum Gasteiger partial charge on any atom is -0.494 e. The Morgan fingerprint density at radius 1 is 0.553 bits per heavy atom. The van der Waals surface area contributed by atoms with Gasteiger partial charge in [-0.3, -0.25) is 4.99 Å². The second kappa shape index (κ2) is 24.6. The van der Waals surface area contributed by atoms with E-state index < -0.39 is 5.97 Å². The van der Waals surface area contributed by atoms with E-state index in [-0.39, 0.29) is 0 Å². The molecule has 0 aliphatic heterocycles. The molecule has 5 nitrogen and oxygen atoms in total. The molecule has 5 heteroatoms. The van der Waals surface area contributed by atoms with E-state index in [1.165, 1.54) is 103 Å². The van der Waals surface area contributed by atoms with Crippen molar-refractivity contribution in [2.45, 2.75) is 129 Å². The van der Waals surface area contributed by atoms with Crippen LogP contribution in [0.1, 0.15) is 145 Å². The molecular weight excluding hydrogens is 582 g/mol. The predicted molar refractivity (Wildman–Crippen MR) is 197 cm³/mol. The molecule has 0 N–H and O–H groups in total. The van der Waals surface area contributed by atoms with Crippen molar-refractivity contribution < 1.29 is 19.0 Å². The summed E-state index contributed by atoms with van der Waals surface area (Å²) in [5, 5.41) is 0. The van der Waals surface area contributed by atoms with Crippen molar-refractivity contribution in [3.05, 3.63) is 83.9 Å². The Kier molecular flexibility index (Phi) is 19.8. The van der Waals surface area contributed by atoms with Crippen molar-refractivity contribution in [3.63, 3.8) is 0 Å². The monoisotopic (exact) mass is 641 g/mol. The van der Waals surface area contributed by atoms with Gasteiger partial charge in [-0.15, -0.1) is 0 Å². The van der Waals surface area contributed by atoms with Gasteiger partial charge in [-0.1, -0.05) is 123 Å². The molecule has 0 atom stereocenters. The van der Waals surface area contributed by atoms with Crippen molar-refractivity contribution in [2.75, 3.05) is 13.2 Å². The summed E-state index contributed by atoms with van der Waals surface area (Å²) in [7, 11) is 0. The average Bonchev–Trinajstić information content (AvgIpc) is 3.10. The van der Waals surface area contributed by atoms with E-state index >= 15 is 0 Å². The van der Waals surface area contributed by atoms with Crippen molar-refractivity contribution in [3.8, 4) is 17.2 Å². The van der Waals surface area contributed by atoms with Crippen molar-refractivity contribution in [1.82, 2.24) is 0 Å². The lowest BCUT2D eigenvalue weighted by molar-refractivity contribution is 0.0734. The van der Waals surface area contributed by atoms with Gasteiger partial charge in [0.25, 0.3) is 0 Å². The van der Waals surface area contributed by atoms with Crippen LogP contribution in [-0.2, 0) is 0 Å². The molecule has 0 amide bonds. The number of hydrogen-bond acceptors (Lipinski definition) is 5. The predicted octanol–water partition coefficient (Wildman–Crippen LogP) is 12.5. The number of nitrogens with zero attached hydrogens (tertiary/aromatic N) is 1. The number of benzene rings is 3. The fourth-order valence-electron chi connectivity index (χ4n) is 5.48. The smallest absolute Gasteiger partial charge is 0.343 e. The van der Waals surface area contributed by atoms with Crippen LogP contribution in [0.15, 0.2) is 77.8 Å². The number of unbranched alkanes of at least 4 members (excludes halogenated alkanes) is 16. The first kappa shape index (κ1) is 37.9. The van der Waals surface area contributed by atoms with E-state index in [1.807, 2.05) is 48.5 Å². The van der Waals surface area contributed by atoms with Gasteiger partial charge in [-0.05, 0) is 79.1 Å². The molecule has 0 unspecified atom stereocenters. The quantitative estimate of drug-likeness (QED) is 0.0379. The number of esters is 1. The highest BCUT2D eigenvalue weighted by atomic mass is 16.5. The van der Waals surface area contributed by atoms with Crippen molar-refractivity contribution in [2.24, 2.45) is 4.99 Å². The van der Waals surface area contributed by atoms with Gasteiger partial charge in [-0.25, -0.2) is 4.79 Å². The summed E-state index contributed by atoms with van der Waals surface area (Å²) in [6.45, 7) is 5.96. The van der Waals surface area contributed by atoms with Crippen LogP contribution in [-0.4, -0.2) is 25.4 Å². The maximum Gasteiger partial charge on any atom is 0.343 e. The molecule has 0 fully saturated rings. The van der Waals surface area contributed by atoms with Crippen LogP contribution in [0.25, 0.3) is 0 Å². The summed E-state index contributed by atoms with van der Waals surface area (Å²) in [5.41, 5.74) is 2.25. The Bertz CT molecular complexity index is 1250. The SMILES string of the molecule is CCCCCCCCCCCCOc1ccc(C(=O)Oc2ccc(C=Nc3cccc(OCCCCCCCCCC)c3)cc2)cc1. The van der Waals surface area contributed by atoms with Crippen LogP contribution in [0, 0.1) is 0 Å². The molecule has 47 heavy (non-hydrogen) atoms. The summed E-state index contributed by atoms with van der Waals surface area (Å²) < 4.78 is 17.4. The van der Waals surface area contributed by atoms with E-state index in [2.05, 4.69) is 18.8 Å². The second-order valence-corrected chi connectivity index (χ2v) is 12.6. The van der Waals surface area contributed by atoms with Crippen LogP contribution in [0.2, 0.25) is 0 Å². The van der Waals surface area contributed by atoms with Crippen LogP contribution >= 0.6 is 0 Å². The molecule has 0 bridgehead atoms. The van der Waals surface area contributed by atoms with Gasteiger partial charge in [0.2, 0.25) is 0 Å². The van der Waals surface area contributed by atoms with Gasteiger partial charge < -0.3 is 14.2 Å². The number of aliphatic imine (C=N–C) groups is 1. The maximum absolute atomic E-state index is 12.7. The lowest BCUT2D eigenvalue weighted by Gasteiger charge is -2.08. The Morgan fingerprint density at radius 2 is 1.04 bits per heavy atom. The van der Waals surface area contributed by atoms with E-state index in [1.54, 1.807) is 30.5 Å². The molecule has 0 aliphatic carbocycles. The van der Waals surface area contributed by atoms with Crippen molar-refractivity contribution >= 4 is 17.9 Å². The van der Waals surface area contributed by atoms with E-state index in [4.69, 9.17) is 14.2 Å². The van der Waals surface area contributed by atoms with Gasteiger partial charge in [-0.2, -0.15) is 0 Å². The minimum atomic E-state index is -0.392.